The van der Waals surface area contributed by atoms with Crippen LogP contribution in [0.3, 0.4) is 0 Å². The molecule has 0 bridgehead atoms. The van der Waals surface area contributed by atoms with Crippen LogP contribution in [0.2, 0.25) is 0 Å². The number of ether oxygens (including phenoxy) is 1. The van der Waals surface area contributed by atoms with Crippen LogP contribution < -0.4 is 34.3 Å². The standard InChI is InChI=1S/C16H24N2O4S3.Na/c1-17(2)18-12-15(24-16(18)23)11-13-5-7-14(8-6-13)22-9-3-4-10-25(19,20)21;/h5-8,15H,3-4,9-12H2,1-2H3,(H,19,20,21);/q;+1/p-1. The van der Waals surface area contributed by atoms with Crippen LogP contribution in [0.15, 0.2) is 24.3 Å². The second-order valence-electron chi connectivity index (χ2n) is 6.10. The Morgan fingerprint density at radius 2 is 1.96 bits per heavy atom. The van der Waals surface area contributed by atoms with Crippen LogP contribution >= 0.6 is 24.0 Å². The first kappa shape index (κ1) is 24.2. The van der Waals surface area contributed by atoms with E-state index in [1.165, 1.54) is 5.56 Å². The fraction of sp³-hybridized carbons (Fsp3) is 0.562. The van der Waals surface area contributed by atoms with Gasteiger partial charge in [-0.15, -0.1) is 0 Å². The average Bonchev–Trinajstić information content (AvgIpc) is 2.88. The van der Waals surface area contributed by atoms with Crippen molar-refractivity contribution in [3.8, 4) is 5.75 Å². The van der Waals surface area contributed by atoms with Crippen molar-refractivity contribution in [1.29, 1.82) is 0 Å². The van der Waals surface area contributed by atoms with E-state index in [0.29, 0.717) is 24.7 Å². The van der Waals surface area contributed by atoms with Gasteiger partial charge in [0.25, 0.3) is 0 Å². The van der Waals surface area contributed by atoms with Gasteiger partial charge in [-0.25, -0.2) is 13.4 Å². The van der Waals surface area contributed by atoms with Crippen LogP contribution in [0.4, 0.5) is 0 Å². The summed E-state index contributed by atoms with van der Waals surface area (Å²) in [4.78, 5) is 0. The molecule has 1 fully saturated rings. The number of thioether (sulfide) groups is 1. The van der Waals surface area contributed by atoms with E-state index in [0.717, 1.165) is 23.0 Å². The van der Waals surface area contributed by atoms with Gasteiger partial charge in [0.05, 0.1) is 16.7 Å². The van der Waals surface area contributed by atoms with E-state index >= 15 is 0 Å². The molecule has 1 aromatic carbocycles. The molecule has 1 aliphatic rings. The predicted molar refractivity (Wildman–Crippen MR) is 104 cm³/mol. The van der Waals surface area contributed by atoms with E-state index in [9.17, 15) is 13.0 Å². The third-order valence-electron chi connectivity index (χ3n) is 3.78. The molecule has 1 atom stereocenters. The van der Waals surface area contributed by atoms with Crippen molar-refractivity contribution in [3.63, 3.8) is 0 Å². The fourth-order valence-corrected chi connectivity index (χ4v) is 4.84. The number of thiocarbonyl (C=S) groups is 1. The molecule has 0 aromatic heterocycles. The summed E-state index contributed by atoms with van der Waals surface area (Å²) in [5, 5.41) is 4.56. The molecule has 1 unspecified atom stereocenters. The SMILES string of the molecule is CN(C)N1CC(Cc2ccc(OCCCCS(=O)(=O)[O-])cc2)SC1=S.[Na+]. The molecular formula is C16H23N2NaO4S3. The second-order valence-corrected chi connectivity index (χ2v) is 9.56. The predicted octanol–water partition coefficient (Wildman–Crippen LogP) is -0.884. The van der Waals surface area contributed by atoms with E-state index in [2.05, 4.69) is 5.01 Å². The van der Waals surface area contributed by atoms with Crippen molar-refractivity contribution in [1.82, 2.24) is 10.0 Å². The first-order valence-corrected chi connectivity index (χ1v) is 10.9. The summed E-state index contributed by atoms with van der Waals surface area (Å²) in [5.74, 6) is 0.415. The van der Waals surface area contributed by atoms with Gasteiger partial charge in [0.2, 0.25) is 0 Å². The minimum absolute atomic E-state index is 0. The molecule has 1 heterocycles. The minimum atomic E-state index is -4.12. The molecule has 2 rings (SSSR count). The number of hydrogen-bond donors (Lipinski definition) is 0. The molecule has 6 nitrogen and oxygen atoms in total. The first-order valence-electron chi connectivity index (χ1n) is 8.05. The number of unbranched alkanes of at least 4 members (excludes halogenated alkanes) is 1. The van der Waals surface area contributed by atoms with E-state index in [4.69, 9.17) is 17.0 Å². The van der Waals surface area contributed by atoms with Crippen molar-refractivity contribution in [2.45, 2.75) is 24.5 Å². The number of hydrazine groups is 1. The van der Waals surface area contributed by atoms with Crippen molar-refractivity contribution in [2.24, 2.45) is 0 Å². The zero-order chi connectivity index (χ0) is 18.4. The van der Waals surface area contributed by atoms with Gasteiger partial charge in [0.15, 0.2) is 4.32 Å². The summed E-state index contributed by atoms with van der Waals surface area (Å²) < 4.78 is 38.0. The topological polar surface area (TPSA) is 72.9 Å². The number of benzene rings is 1. The van der Waals surface area contributed by atoms with Gasteiger partial charge >= 0.3 is 29.6 Å². The summed E-state index contributed by atoms with van der Waals surface area (Å²) in [5.41, 5.74) is 1.23. The Morgan fingerprint density at radius 3 is 2.50 bits per heavy atom. The molecule has 0 radical (unpaired) electrons. The third-order valence-corrected chi connectivity index (χ3v) is 6.13. The van der Waals surface area contributed by atoms with Gasteiger partial charge in [0, 0.05) is 31.6 Å². The van der Waals surface area contributed by atoms with Crippen molar-refractivity contribution in [3.05, 3.63) is 29.8 Å². The summed E-state index contributed by atoms with van der Waals surface area (Å²) in [6.45, 7) is 1.32. The Hall–Kier alpha value is 0.130. The van der Waals surface area contributed by atoms with Crippen molar-refractivity contribution < 1.29 is 47.3 Å². The molecule has 0 spiro atoms. The fourth-order valence-electron chi connectivity index (χ4n) is 2.50. The van der Waals surface area contributed by atoms with Gasteiger partial charge < -0.3 is 9.29 Å². The molecule has 0 amide bonds. The van der Waals surface area contributed by atoms with Crippen molar-refractivity contribution >= 4 is 38.4 Å². The molecule has 26 heavy (non-hydrogen) atoms. The molecular weight excluding hydrogens is 403 g/mol. The maximum Gasteiger partial charge on any atom is 1.00 e. The molecule has 140 valence electrons. The normalized spacial score (nSPS) is 17.5. The molecule has 0 aliphatic carbocycles. The summed E-state index contributed by atoms with van der Waals surface area (Å²) >= 11 is 7.13. The third kappa shape index (κ3) is 8.43. The van der Waals surface area contributed by atoms with E-state index in [1.807, 2.05) is 43.4 Å². The van der Waals surface area contributed by atoms with Crippen LogP contribution in [0.5, 0.6) is 5.75 Å². The second kappa shape index (κ2) is 11.2. The molecule has 1 aromatic rings. The van der Waals surface area contributed by atoms with E-state index in [1.54, 1.807) is 11.8 Å². The van der Waals surface area contributed by atoms with Crippen LogP contribution in [0, 0.1) is 0 Å². The minimum Gasteiger partial charge on any atom is -0.748 e. The Kier molecular flexibility index (Phi) is 10.4. The largest absolute Gasteiger partial charge is 1.00 e. The Labute approximate surface area is 187 Å². The molecule has 10 heteroatoms. The monoisotopic (exact) mass is 426 g/mol. The zero-order valence-corrected chi connectivity index (χ0v) is 19.8. The smallest absolute Gasteiger partial charge is 0.748 e. The summed E-state index contributed by atoms with van der Waals surface area (Å²) in [6, 6.07) is 7.92. The Morgan fingerprint density at radius 1 is 1.31 bits per heavy atom. The number of hydrogen-bond acceptors (Lipinski definition) is 7. The van der Waals surface area contributed by atoms with Gasteiger partial charge in [0.1, 0.15) is 5.75 Å². The van der Waals surface area contributed by atoms with Gasteiger partial charge in [-0.2, -0.15) is 0 Å². The van der Waals surface area contributed by atoms with E-state index in [-0.39, 0.29) is 35.3 Å². The van der Waals surface area contributed by atoms with Crippen LogP contribution in [-0.4, -0.2) is 65.6 Å². The van der Waals surface area contributed by atoms with Crippen LogP contribution in [0.25, 0.3) is 0 Å². The molecule has 1 saturated heterocycles. The maximum atomic E-state index is 10.5. The van der Waals surface area contributed by atoms with Gasteiger partial charge in [-0.05, 0) is 37.0 Å². The van der Waals surface area contributed by atoms with Gasteiger partial charge in [-0.3, -0.25) is 5.01 Å². The average molecular weight is 427 g/mol. The first-order chi connectivity index (χ1) is 11.7. The van der Waals surface area contributed by atoms with E-state index < -0.39 is 10.1 Å². The summed E-state index contributed by atoms with van der Waals surface area (Å²) in [6.07, 6.45) is 1.81. The maximum absolute atomic E-state index is 10.5. The van der Waals surface area contributed by atoms with Crippen LogP contribution in [0.1, 0.15) is 18.4 Å². The van der Waals surface area contributed by atoms with Gasteiger partial charge in [-0.1, -0.05) is 36.1 Å². The Bertz CT molecular complexity index is 683. The van der Waals surface area contributed by atoms with Crippen molar-refractivity contribution in [2.75, 3.05) is 33.0 Å². The zero-order valence-electron chi connectivity index (χ0n) is 15.4. The Balaban J connectivity index is 0.00000338. The molecule has 1 aliphatic heterocycles. The summed E-state index contributed by atoms with van der Waals surface area (Å²) in [7, 11) is -0.135. The number of rotatable bonds is 9. The quantitative estimate of drug-likeness (QED) is 0.218. The van der Waals surface area contributed by atoms with Crippen LogP contribution in [-0.2, 0) is 16.5 Å². The molecule has 0 saturated carbocycles. The number of nitrogens with zero attached hydrogens (tertiary/aromatic N) is 2. The molecule has 0 N–H and O–H groups in total.